The molecular weight excluding hydrogens is 358 g/mol. The van der Waals surface area contributed by atoms with Crippen LogP contribution in [-0.2, 0) is 6.54 Å². The van der Waals surface area contributed by atoms with Crippen molar-refractivity contribution in [3.8, 4) is 0 Å². The molecule has 0 aliphatic carbocycles. The van der Waals surface area contributed by atoms with E-state index in [9.17, 15) is 9.59 Å². The zero-order valence-electron chi connectivity index (χ0n) is 12.2. The third kappa shape index (κ3) is 3.48. The van der Waals surface area contributed by atoms with E-state index in [2.05, 4.69) is 26.3 Å². The van der Waals surface area contributed by atoms with Crippen molar-refractivity contribution in [2.24, 2.45) is 0 Å². The van der Waals surface area contributed by atoms with Gasteiger partial charge in [0.15, 0.2) is 0 Å². The third-order valence-electron chi connectivity index (χ3n) is 3.48. The zero-order valence-corrected chi connectivity index (χ0v) is 13.8. The molecule has 1 aromatic heterocycles. The maximum atomic E-state index is 12.3. The Balaban J connectivity index is 1.67. The Labute approximate surface area is 141 Å². The number of carbonyl (C=O) groups is 1. The van der Waals surface area contributed by atoms with Crippen molar-refractivity contribution < 1.29 is 4.79 Å². The molecule has 2 aromatic carbocycles. The Morgan fingerprint density at radius 3 is 2.65 bits per heavy atom. The molecule has 0 spiro atoms. The van der Waals surface area contributed by atoms with Crippen LogP contribution in [-0.4, -0.2) is 22.2 Å². The van der Waals surface area contributed by atoms with Gasteiger partial charge >= 0.3 is 0 Å². The monoisotopic (exact) mass is 371 g/mol. The lowest BCUT2D eigenvalue weighted by atomic mass is 10.2. The van der Waals surface area contributed by atoms with Crippen molar-refractivity contribution in [3.05, 3.63) is 75.1 Å². The number of aromatic nitrogens is 2. The molecule has 0 bridgehead atoms. The van der Waals surface area contributed by atoms with Crippen molar-refractivity contribution in [2.75, 3.05) is 6.54 Å². The van der Waals surface area contributed by atoms with Gasteiger partial charge in [0, 0.05) is 22.0 Å². The summed E-state index contributed by atoms with van der Waals surface area (Å²) in [5, 5.41) is 8.36. The fourth-order valence-corrected chi connectivity index (χ4v) is 2.53. The minimum Gasteiger partial charge on any atom is -0.350 e. The first-order valence-electron chi connectivity index (χ1n) is 7.14. The van der Waals surface area contributed by atoms with Gasteiger partial charge in [0.05, 0.1) is 18.1 Å². The van der Waals surface area contributed by atoms with E-state index in [0.29, 0.717) is 24.0 Å². The Hall–Kier alpha value is -2.47. The highest BCUT2D eigenvalue weighted by molar-refractivity contribution is 9.10. The average Bonchev–Trinajstić information content (AvgIpc) is 2.57. The number of halogens is 1. The smallest absolute Gasteiger partial charge is 0.274 e. The van der Waals surface area contributed by atoms with E-state index in [1.165, 1.54) is 4.68 Å². The van der Waals surface area contributed by atoms with E-state index in [4.69, 9.17) is 0 Å². The molecule has 0 aliphatic rings. The predicted octanol–water partition coefficient (Wildman–Crippen LogP) is 2.59. The van der Waals surface area contributed by atoms with Crippen LogP contribution in [0.3, 0.4) is 0 Å². The number of hydrogen-bond acceptors (Lipinski definition) is 3. The Bertz CT molecular complexity index is 904. The van der Waals surface area contributed by atoms with Crippen LogP contribution < -0.4 is 10.9 Å². The van der Waals surface area contributed by atoms with Gasteiger partial charge in [-0.25, -0.2) is 4.68 Å². The fourth-order valence-electron chi connectivity index (χ4n) is 2.27. The molecule has 0 atom stereocenters. The van der Waals surface area contributed by atoms with Crippen molar-refractivity contribution in [2.45, 2.75) is 6.54 Å². The highest BCUT2D eigenvalue weighted by Crippen LogP contribution is 2.10. The van der Waals surface area contributed by atoms with E-state index in [1.807, 2.05) is 30.3 Å². The molecule has 3 rings (SSSR count). The summed E-state index contributed by atoms with van der Waals surface area (Å²) >= 11 is 3.33. The van der Waals surface area contributed by atoms with Crippen molar-refractivity contribution >= 4 is 32.6 Å². The highest BCUT2D eigenvalue weighted by atomic mass is 79.9. The van der Waals surface area contributed by atoms with Crippen LogP contribution in [0.25, 0.3) is 10.8 Å². The van der Waals surface area contributed by atoms with Gasteiger partial charge < -0.3 is 5.32 Å². The van der Waals surface area contributed by atoms with Crippen LogP contribution in [0.15, 0.2) is 64.0 Å². The van der Waals surface area contributed by atoms with Gasteiger partial charge in [-0.2, -0.15) is 5.10 Å². The standard InChI is InChI=1S/C17H14BrN3O2/c18-14-7-5-12(6-8-14)16(22)19-9-10-21-17(23)15-4-2-1-3-13(15)11-20-21/h1-8,11H,9-10H2,(H,19,22). The Kier molecular flexibility index (Phi) is 4.52. The molecule has 0 radical (unpaired) electrons. The van der Waals surface area contributed by atoms with Gasteiger partial charge in [-0.15, -0.1) is 0 Å². The lowest BCUT2D eigenvalue weighted by molar-refractivity contribution is 0.0951. The van der Waals surface area contributed by atoms with Gasteiger partial charge in [0.25, 0.3) is 11.5 Å². The van der Waals surface area contributed by atoms with Crippen molar-refractivity contribution in [3.63, 3.8) is 0 Å². The second-order valence-electron chi connectivity index (χ2n) is 5.02. The number of nitrogens with one attached hydrogen (secondary N) is 1. The molecule has 0 saturated carbocycles. The summed E-state index contributed by atoms with van der Waals surface area (Å²) in [6, 6.07) is 14.4. The molecule has 3 aromatic rings. The normalized spacial score (nSPS) is 10.7. The molecule has 116 valence electrons. The van der Waals surface area contributed by atoms with Gasteiger partial charge in [-0.3, -0.25) is 9.59 Å². The summed E-state index contributed by atoms with van der Waals surface area (Å²) in [5.74, 6) is -0.175. The first-order chi connectivity index (χ1) is 11.1. The number of amides is 1. The molecule has 23 heavy (non-hydrogen) atoms. The lowest BCUT2D eigenvalue weighted by Crippen LogP contribution is -2.32. The summed E-state index contributed by atoms with van der Waals surface area (Å²) in [4.78, 5) is 24.3. The molecule has 5 nitrogen and oxygen atoms in total. The van der Waals surface area contributed by atoms with E-state index < -0.39 is 0 Å². The van der Waals surface area contributed by atoms with E-state index in [0.717, 1.165) is 9.86 Å². The first-order valence-corrected chi connectivity index (χ1v) is 7.93. The molecule has 1 N–H and O–H groups in total. The minimum atomic E-state index is -0.175. The van der Waals surface area contributed by atoms with Crippen LogP contribution in [0.5, 0.6) is 0 Å². The van der Waals surface area contributed by atoms with Gasteiger partial charge in [-0.1, -0.05) is 34.1 Å². The molecule has 1 heterocycles. The van der Waals surface area contributed by atoms with E-state index in [-0.39, 0.29) is 11.5 Å². The molecule has 0 aliphatic heterocycles. The van der Waals surface area contributed by atoms with Crippen LogP contribution in [0.4, 0.5) is 0 Å². The van der Waals surface area contributed by atoms with Crippen LogP contribution >= 0.6 is 15.9 Å². The van der Waals surface area contributed by atoms with Crippen LogP contribution in [0.2, 0.25) is 0 Å². The van der Waals surface area contributed by atoms with Gasteiger partial charge in [-0.05, 0) is 30.3 Å². The number of benzene rings is 2. The number of fused-ring (bicyclic) bond motifs is 1. The lowest BCUT2D eigenvalue weighted by Gasteiger charge is -2.08. The fraction of sp³-hybridized carbons (Fsp3) is 0.118. The molecule has 0 saturated heterocycles. The Morgan fingerprint density at radius 2 is 1.87 bits per heavy atom. The number of hydrogen-bond donors (Lipinski definition) is 1. The number of rotatable bonds is 4. The van der Waals surface area contributed by atoms with Crippen molar-refractivity contribution in [1.82, 2.24) is 15.1 Å². The Morgan fingerprint density at radius 1 is 1.13 bits per heavy atom. The topological polar surface area (TPSA) is 64.0 Å². The largest absolute Gasteiger partial charge is 0.350 e. The summed E-state index contributed by atoms with van der Waals surface area (Å²) in [5.41, 5.74) is 0.424. The molecule has 0 fully saturated rings. The minimum absolute atomic E-state index is 0.152. The third-order valence-corrected chi connectivity index (χ3v) is 4.01. The number of nitrogens with zero attached hydrogens (tertiary/aromatic N) is 2. The van der Waals surface area contributed by atoms with Crippen LogP contribution in [0.1, 0.15) is 10.4 Å². The predicted molar refractivity (Wildman–Crippen MR) is 92.5 cm³/mol. The maximum absolute atomic E-state index is 12.3. The second kappa shape index (κ2) is 6.75. The molecule has 1 amide bonds. The van der Waals surface area contributed by atoms with Gasteiger partial charge in [0.2, 0.25) is 0 Å². The maximum Gasteiger partial charge on any atom is 0.274 e. The summed E-state index contributed by atoms with van der Waals surface area (Å²) in [6.45, 7) is 0.659. The number of carbonyl (C=O) groups excluding carboxylic acids is 1. The molecule has 6 heteroatoms. The highest BCUT2D eigenvalue weighted by Gasteiger charge is 2.06. The molecular formula is C17H14BrN3O2. The first kappa shape index (κ1) is 15.4. The van der Waals surface area contributed by atoms with E-state index in [1.54, 1.807) is 24.4 Å². The van der Waals surface area contributed by atoms with E-state index >= 15 is 0 Å². The SMILES string of the molecule is O=C(NCCn1ncc2ccccc2c1=O)c1ccc(Br)cc1. The van der Waals surface area contributed by atoms with Crippen molar-refractivity contribution in [1.29, 1.82) is 0 Å². The summed E-state index contributed by atoms with van der Waals surface area (Å²) in [7, 11) is 0. The summed E-state index contributed by atoms with van der Waals surface area (Å²) < 4.78 is 2.28. The molecule has 0 unspecified atom stereocenters. The average molecular weight is 372 g/mol. The quantitative estimate of drug-likeness (QED) is 0.766. The van der Waals surface area contributed by atoms with Gasteiger partial charge in [0.1, 0.15) is 0 Å². The second-order valence-corrected chi connectivity index (χ2v) is 5.94. The van der Waals surface area contributed by atoms with Crippen LogP contribution in [0, 0.1) is 0 Å². The summed E-state index contributed by atoms with van der Waals surface area (Å²) in [6.07, 6.45) is 1.66. The zero-order chi connectivity index (χ0) is 16.2.